The topological polar surface area (TPSA) is 97.5 Å². The molecule has 0 spiro atoms. The van der Waals surface area contributed by atoms with Crippen LogP contribution in [0.3, 0.4) is 0 Å². The molecule has 29 heavy (non-hydrogen) atoms. The number of fused-ring (bicyclic) bond motifs is 1. The molecule has 1 N–H and O–H groups in total. The van der Waals surface area contributed by atoms with E-state index in [0.29, 0.717) is 13.0 Å². The van der Waals surface area contributed by atoms with Crippen molar-refractivity contribution in [2.75, 3.05) is 26.3 Å². The molecule has 0 saturated carbocycles. The second-order valence-electron chi connectivity index (χ2n) is 7.27. The number of alkyl halides is 3. The van der Waals surface area contributed by atoms with Crippen LogP contribution in [-0.2, 0) is 15.7 Å². The number of nitrogens with zero attached hydrogens (tertiary/aromatic N) is 4. The van der Waals surface area contributed by atoms with Crippen LogP contribution in [0.15, 0.2) is 30.5 Å². The number of hydrogen-bond donors (Lipinski definition) is 1. The Bertz CT molecular complexity index is 961. The number of hydrogen-bond acceptors (Lipinski definition) is 5. The van der Waals surface area contributed by atoms with Crippen LogP contribution in [0.5, 0.6) is 0 Å². The third-order valence-electron chi connectivity index (χ3n) is 5.57. The van der Waals surface area contributed by atoms with E-state index in [4.69, 9.17) is 4.74 Å². The lowest BCUT2D eigenvalue weighted by molar-refractivity contribution is -0.157. The lowest BCUT2D eigenvalue weighted by atomic mass is 9.74. The molecular weight excluding hydrogens is 393 g/mol. The molecule has 2 aliphatic heterocycles. The van der Waals surface area contributed by atoms with Gasteiger partial charge >= 0.3 is 12.1 Å². The smallest absolute Gasteiger partial charge is 0.416 e. The Morgan fingerprint density at radius 3 is 2.79 bits per heavy atom. The van der Waals surface area contributed by atoms with Crippen molar-refractivity contribution in [1.29, 1.82) is 0 Å². The van der Waals surface area contributed by atoms with E-state index >= 15 is 0 Å². The monoisotopic (exact) mass is 410 g/mol. The molecule has 1 aromatic heterocycles. The largest absolute Gasteiger partial charge is 0.481 e. The first-order valence-electron chi connectivity index (χ1n) is 8.91. The van der Waals surface area contributed by atoms with Gasteiger partial charge in [-0.05, 0) is 24.6 Å². The molecule has 1 amide bonds. The maximum Gasteiger partial charge on any atom is 0.416 e. The van der Waals surface area contributed by atoms with Crippen molar-refractivity contribution in [3.05, 3.63) is 41.7 Å². The highest BCUT2D eigenvalue weighted by Crippen LogP contribution is 2.42. The summed E-state index contributed by atoms with van der Waals surface area (Å²) in [4.78, 5) is 26.1. The first-order valence-corrected chi connectivity index (χ1v) is 8.91. The maximum absolute atomic E-state index is 12.9. The van der Waals surface area contributed by atoms with Crippen LogP contribution >= 0.6 is 0 Å². The van der Waals surface area contributed by atoms with Crippen molar-refractivity contribution in [3.8, 4) is 5.69 Å². The first-order chi connectivity index (χ1) is 13.7. The molecule has 0 aliphatic carbocycles. The average molecular weight is 410 g/mol. The number of halogens is 3. The van der Waals surface area contributed by atoms with Crippen LogP contribution in [0.25, 0.3) is 5.69 Å². The third-order valence-corrected chi connectivity index (χ3v) is 5.57. The van der Waals surface area contributed by atoms with Gasteiger partial charge in [-0.15, -0.1) is 5.10 Å². The molecule has 154 valence electrons. The van der Waals surface area contributed by atoms with Gasteiger partial charge in [-0.2, -0.15) is 13.2 Å². The van der Waals surface area contributed by atoms with Crippen molar-refractivity contribution in [1.82, 2.24) is 19.9 Å². The number of rotatable bonds is 3. The summed E-state index contributed by atoms with van der Waals surface area (Å²) in [6.45, 7) is 0.816. The minimum absolute atomic E-state index is 0.0333. The number of carbonyl (C=O) groups is 2. The van der Waals surface area contributed by atoms with Crippen molar-refractivity contribution >= 4 is 11.9 Å². The van der Waals surface area contributed by atoms with Gasteiger partial charge in [0.1, 0.15) is 0 Å². The number of amides is 1. The number of carbonyl (C=O) groups excluding carboxylic acids is 1. The van der Waals surface area contributed by atoms with E-state index in [1.54, 1.807) is 0 Å². The zero-order valence-electron chi connectivity index (χ0n) is 15.1. The molecule has 0 unspecified atom stereocenters. The molecule has 0 radical (unpaired) electrons. The fourth-order valence-electron chi connectivity index (χ4n) is 3.93. The van der Waals surface area contributed by atoms with Crippen LogP contribution in [0.1, 0.15) is 22.5 Å². The molecule has 4 rings (SSSR count). The van der Waals surface area contributed by atoms with Crippen LogP contribution in [-0.4, -0.2) is 63.2 Å². The van der Waals surface area contributed by atoms with Gasteiger partial charge in [-0.1, -0.05) is 11.3 Å². The Balaban J connectivity index is 1.56. The predicted molar refractivity (Wildman–Crippen MR) is 91.3 cm³/mol. The summed E-state index contributed by atoms with van der Waals surface area (Å²) in [6.07, 6.45) is -2.95. The van der Waals surface area contributed by atoms with Gasteiger partial charge < -0.3 is 14.7 Å². The molecule has 2 aromatic rings. The summed E-state index contributed by atoms with van der Waals surface area (Å²) < 4.78 is 45.2. The van der Waals surface area contributed by atoms with E-state index in [1.165, 1.54) is 23.2 Å². The summed E-state index contributed by atoms with van der Waals surface area (Å²) >= 11 is 0. The van der Waals surface area contributed by atoms with Crippen LogP contribution in [0.4, 0.5) is 13.2 Å². The molecular formula is C18H17F3N4O4. The summed E-state index contributed by atoms with van der Waals surface area (Å²) in [7, 11) is 0. The number of likely N-dealkylation sites (tertiary alicyclic amines) is 1. The van der Waals surface area contributed by atoms with Gasteiger partial charge in [-0.3, -0.25) is 9.59 Å². The number of carboxylic acids is 1. The molecule has 8 nitrogen and oxygen atoms in total. The lowest BCUT2D eigenvalue weighted by Crippen LogP contribution is -2.45. The predicted octanol–water partition coefficient (Wildman–Crippen LogP) is 1.85. The van der Waals surface area contributed by atoms with Gasteiger partial charge in [0.15, 0.2) is 5.69 Å². The summed E-state index contributed by atoms with van der Waals surface area (Å²) in [6, 6.07) is 4.50. The van der Waals surface area contributed by atoms with Crippen molar-refractivity contribution < 1.29 is 32.6 Å². The van der Waals surface area contributed by atoms with E-state index < -0.39 is 29.0 Å². The van der Waals surface area contributed by atoms with Gasteiger partial charge in [-0.25, -0.2) is 4.68 Å². The summed E-state index contributed by atoms with van der Waals surface area (Å²) in [5.41, 5.74) is -1.85. The van der Waals surface area contributed by atoms with Crippen molar-refractivity contribution in [2.24, 2.45) is 11.3 Å². The highest BCUT2D eigenvalue weighted by Gasteiger charge is 2.55. The van der Waals surface area contributed by atoms with Crippen LogP contribution in [0, 0.1) is 11.3 Å². The standard InChI is InChI=1S/C18H17F3N4O4/c19-18(20,21)11-2-1-3-13(6-11)25-8-14(22-23-25)15(26)24-7-12-9-29-5-4-17(12,10-24)16(27)28/h1-3,6,8,12H,4-5,7,9-10H2,(H,27,28)/t12-,17+/m0/s1. The summed E-state index contributed by atoms with van der Waals surface area (Å²) in [5.74, 6) is -1.80. The molecule has 1 aromatic carbocycles. The normalized spacial score (nSPS) is 24.4. The number of carboxylic acid groups (broad SMARTS) is 1. The molecule has 2 aliphatic rings. The molecule has 2 fully saturated rings. The average Bonchev–Trinajstić information content (AvgIpc) is 3.32. The number of ether oxygens (including phenoxy) is 1. The number of benzene rings is 1. The zero-order valence-corrected chi connectivity index (χ0v) is 15.1. The highest BCUT2D eigenvalue weighted by atomic mass is 19.4. The number of aromatic nitrogens is 3. The van der Waals surface area contributed by atoms with Gasteiger partial charge in [0.05, 0.1) is 29.5 Å². The Labute approximate surface area is 162 Å². The Morgan fingerprint density at radius 2 is 2.10 bits per heavy atom. The second-order valence-corrected chi connectivity index (χ2v) is 7.27. The third kappa shape index (κ3) is 3.35. The van der Waals surface area contributed by atoms with Crippen LogP contribution < -0.4 is 0 Å². The minimum atomic E-state index is -4.51. The Morgan fingerprint density at radius 1 is 1.31 bits per heavy atom. The molecule has 0 bridgehead atoms. The van der Waals surface area contributed by atoms with Crippen LogP contribution in [0.2, 0.25) is 0 Å². The zero-order chi connectivity index (χ0) is 20.8. The molecule has 3 heterocycles. The lowest BCUT2D eigenvalue weighted by Gasteiger charge is -2.33. The van der Waals surface area contributed by atoms with Crippen molar-refractivity contribution in [2.45, 2.75) is 12.6 Å². The summed E-state index contributed by atoms with van der Waals surface area (Å²) in [5, 5.41) is 17.2. The second kappa shape index (κ2) is 6.83. The van der Waals surface area contributed by atoms with Gasteiger partial charge in [0.25, 0.3) is 5.91 Å². The van der Waals surface area contributed by atoms with E-state index in [2.05, 4.69) is 10.3 Å². The molecule has 11 heteroatoms. The van der Waals surface area contributed by atoms with Gasteiger partial charge in [0.2, 0.25) is 0 Å². The van der Waals surface area contributed by atoms with Crippen molar-refractivity contribution in [3.63, 3.8) is 0 Å². The Kier molecular flexibility index (Phi) is 4.56. The molecule has 2 atom stereocenters. The quantitative estimate of drug-likeness (QED) is 0.830. The van der Waals surface area contributed by atoms with E-state index in [-0.39, 0.29) is 37.0 Å². The minimum Gasteiger partial charge on any atom is -0.481 e. The fourth-order valence-corrected chi connectivity index (χ4v) is 3.93. The Hall–Kier alpha value is -2.95. The number of aliphatic carboxylic acids is 1. The van der Waals surface area contributed by atoms with E-state index in [0.717, 1.165) is 16.8 Å². The van der Waals surface area contributed by atoms with E-state index in [1.807, 2.05) is 0 Å². The van der Waals surface area contributed by atoms with E-state index in [9.17, 15) is 27.9 Å². The SMILES string of the molecule is O=C(c1cn(-c2cccc(C(F)(F)F)c2)nn1)N1C[C@H]2COCC[C@@]2(C(=O)O)C1. The molecule has 2 saturated heterocycles. The fraction of sp³-hybridized carbons (Fsp3) is 0.444. The first kappa shape index (κ1) is 19.4. The highest BCUT2D eigenvalue weighted by molar-refractivity contribution is 5.93. The van der Waals surface area contributed by atoms with Gasteiger partial charge in [0, 0.05) is 25.6 Å². The maximum atomic E-state index is 12.9.